The molecule has 0 aliphatic rings. The Morgan fingerprint density at radius 3 is 2.50 bits per heavy atom. The third-order valence-corrected chi connectivity index (χ3v) is 4.79. The average molecular weight is 394 g/mol. The second kappa shape index (κ2) is 10.5. The van der Waals surface area contributed by atoms with Crippen molar-refractivity contribution in [3.05, 3.63) is 95.0 Å². The van der Waals surface area contributed by atoms with E-state index in [1.807, 2.05) is 66.7 Å². The summed E-state index contributed by atoms with van der Waals surface area (Å²) in [7, 11) is 0. The van der Waals surface area contributed by atoms with Crippen LogP contribution >= 0.6 is 11.6 Å². The molecule has 3 aromatic rings. The summed E-state index contributed by atoms with van der Waals surface area (Å²) >= 11 is 6.14. The molecule has 144 valence electrons. The summed E-state index contributed by atoms with van der Waals surface area (Å²) in [5.74, 6) is 0.720. The van der Waals surface area contributed by atoms with E-state index in [0.717, 1.165) is 29.8 Å². The van der Waals surface area contributed by atoms with Crippen molar-refractivity contribution < 1.29 is 9.53 Å². The van der Waals surface area contributed by atoms with Gasteiger partial charge in [0.25, 0.3) is 0 Å². The van der Waals surface area contributed by atoms with Crippen molar-refractivity contribution in [1.82, 2.24) is 0 Å². The first-order chi connectivity index (χ1) is 13.7. The van der Waals surface area contributed by atoms with Crippen LogP contribution in [0.3, 0.4) is 0 Å². The van der Waals surface area contributed by atoms with Crippen molar-refractivity contribution in [2.45, 2.75) is 25.7 Å². The van der Waals surface area contributed by atoms with Crippen molar-refractivity contribution in [3.8, 4) is 5.75 Å². The lowest BCUT2D eigenvalue weighted by atomic mass is 10.1. The van der Waals surface area contributed by atoms with Crippen LogP contribution < -0.4 is 10.1 Å². The van der Waals surface area contributed by atoms with Gasteiger partial charge in [0.2, 0.25) is 5.91 Å². The quantitative estimate of drug-likeness (QED) is 0.458. The van der Waals surface area contributed by atoms with Gasteiger partial charge in [-0.15, -0.1) is 0 Å². The molecule has 3 aromatic carbocycles. The highest BCUT2D eigenvalue weighted by molar-refractivity contribution is 6.31. The van der Waals surface area contributed by atoms with Gasteiger partial charge in [0, 0.05) is 23.2 Å². The number of aryl methyl sites for hydroxylation is 2. The second-order valence-corrected chi connectivity index (χ2v) is 7.01. The van der Waals surface area contributed by atoms with E-state index in [1.54, 1.807) is 0 Å². The minimum atomic E-state index is -0.0406. The molecule has 1 amide bonds. The van der Waals surface area contributed by atoms with Gasteiger partial charge in [-0.3, -0.25) is 4.79 Å². The molecule has 0 fully saturated rings. The van der Waals surface area contributed by atoms with Crippen LogP contribution in [0.4, 0.5) is 5.69 Å². The maximum atomic E-state index is 12.2. The van der Waals surface area contributed by atoms with Gasteiger partial charge in [-0.25, -0.2) is 0 Å². The molecule has 0 aromatic heterocycles. The van der Waals surface area contributed by atoms with E-state index in [9.17, 15) is 4.79 Å². The summed E-state index contributed by atoms with van der Waals surface area (Å²) in [6.07, 6.45) is 2.92. The van der Waals surface area contributed by atoms with Gasteiger partial charge < -0.3 is 10.1 Å². The SMILES string of the molecule is O=C(CCc1ccccc1Cl)Nc1cccc(OCCCc2ccccc2)c1. The van der Waals surface area contributed by atoms with Gasteiger partial charge in [-0.05, 0) is 48.6 Å². The molecular weight excluding hydrogens is 370 g/mol. The van der Waals surface area contributed by atoms with Gasteiger partial charge >= 0.3 is 0 Å². The first kappa shape index (κ1) is 20.0. The fourth-order valence-corrected chi connectivity index (χ4v) is 3.18. The zero-order chi connectivity index (χ0) is 19.6. The third kappa shape index (κ3) is 6.43. The highest BCUT2D eigenvalue weighted by Crippen LogP contribution is 2.19. The molecule has 0 aliphatic heterocycles. The summed E-state index contributed by atoms with van der Waals surface area (Å²) in [6, 6.07) is 25.5. The maximum Gasteiger partial charge on any atom is 0.224 e. The van der Waals surface area contributed by atoms with Crippen molar-refractivity contribution >= 4 is 23.2 Å². The Hall–Kier alpha value is -2.78. The van der Waals surface area contributed by atoms with E-state index in [4.69, 9.17) is 16.3 Å². The Morgan fingerprint density at radius 2 is 1.68 bits per heavy atom. The number of hydrogen-bond donors (Lipinski definition) is 1. The van der Waals surface area contributed by atoms with Gasteiger partial charge in [-0.2, -0.15) is 0 Å². The Bertz CT molecular complexity index is 896. The van der Waals surface area contributed by atoms with E-state index in [1.165, 1.54) is 5.56 Å². The average Bonchev–Trinajstić information content (AvgIpc) is 2.72. The minimum Gasteiger partial charge on any atom is -0.494 e. The number of rotatable bonds is 9. The predicted molar refractivity (Wildman–Crippen MR) is 115 cm³/mol. The summed E-state index contributed by atoms with van der Waals surface area (Å²) in [6.45, 7) is 0.638. The van der Waals surface area contributed by atoms with Crippen LogP contribution in [0.25, 0.3) is 0 Å². The second-order valence-electron chi connectivity index (χ2n) is 6.61. The lowest BCUT2D eigenvalue weighted by Gasteiger charge is -2.10. The largest absolute Gasteiger partial charge is 0.494 e. The number of anilines is 1. The van der Waals surface area contributed by atoms with Crippen LogP contribution in [0.15, 0.2) is 78.9 Å². The highest BCUT2D eigenvalue weighted by Gasteiger charge is 2.06. The first-order valence-corrected chi connectivity index (χ1v) is 9.88. The van der Waals surface area contributed by atoms with Crippen molar-refractivity contribution in [2.75, 3.05) is 11.9 Å². The fourth-order valence-electron chi connectivity index (χ4n) is 2.95. The monoisotopic (exact) mass is 393 g/mol. The molecule has 0 spiro atoms. The molecule has 3 rings (SSSR count). The molecule has 4 heteroatoms. The number of benzene rings is 3. The molecule has 0 unspecified atom stereocenters. The Kier molecular flexibility index (Phi) is 7.51. The predicted octanol–water partition coefficient (Wildman–Crippen LogP) is 5.92. The molecular formula is C24H24ClNO2. The van der Waals surface area contributed by atoms with Gasteiger partial charge in [0.15, 0.2) is 0 Å². The fraction of sp³-hybridized carbons (Fsp3) is 0.208. The number of halogens is 1. The zero-order valence-electron chi connectivity index (χ0n) is 15.7. The molecule has 0 atom stereocenters. The van der Waals surface area contributed by atoms with E-state index < -0.39 is 0 Å². The molecule has 0 saturated carbocycles. The number of carbonyl (C=O) groups excluding carboxylic acids is 1. The number of ether oxygens (including phenoxy) is 1. The molecule has 1 N–H and O–H groups in total. The molecule has 28 heavy (non-hydrogen) atoms. The lowest BCUT2D eigenvalue weighted by Crippen LogP contribution is -2.12. The molecule has 3 nitrogen and oxygen atoms in total. The van der Waals surface area contributed by atoms with E-state index in [2.05, 4.69) is 17.4 Å². The summed E-state index contributed by atoms with van der Waals surface area (Å²) < 4.78 is 5.83. The maximum absolute atomic E-state index is 12.2. The lowest BCUT2D eigenvalue weighted by molar-refractivity contribution is -0.116. The third-order valence-electron chi connectivity index (χ3n) is 4.42. The van der Waals surface area contributed by atoms with Gasteiger partial charge in [-0.1, -0.05) is 66.2 Å². The van der Waals surface area contributed by atoms with Crippen LogP contribution in [0, 0.1) is 0 Å². The Labute approximate surface area is 171 Å². The van der Waals surface area contributed by atoms with Gasteiger partial charge in [0.1, 0.15) is 5.75 Å². The van der Waals surface area contributed by atoms with Crippen molar-refractivity contribution in [1.29, 1.82) is 0 Å². The Balaban J connectivity index is 1.43. The summed E-state index contributed by atoms with van der Waals surface area (Å²) in [5, 5.41) is 3.62. The number of amides is 1. The van der Waals surface area contributed by atoms with Crippen LogP contribution in [-0.4, -0.2) is 12.5 Å². The highest BCUT2D eigenvalue weighted by atomic mass is 35.5. The smallest absolute Gasteiger partial charge is 0.224 e. The molecule has 0 aliphatic carbocycles. The van der Waals surface area contributed by atoms with E-state index >= 15 is 0 Å². The van der Waals surface area contributed by atoms with Crippen molar-refractivity contribution in [2.24, 2.45) is 0 Å². The summed E-state index contributed by atoms with van der Waals surface area (Å²) in [5.41, 5.74) is 3.03. The van der Waals surface area contributed by atoms with E-state index in [-0.39, 0.29) is 5.91 Å². The van der Waals surface area contributed by atoms with Crippen LogP contribution in [-0.2, 0) is 17.6 Å². The summed E-state index contributed by atoms with van der Waals surface area (Å²) in [4.78, 5) is 12.2. The van der Waals surface area contributed by atoms with Gasteiger partial charge in [0.05, 0.1) is 6.61 Å². The number of carbonyl (C=O) groups is 1. The number of hydrogen-bond acceptors (Lipinski definition) is 2. The van der Waals surface area contributed by atoms with Crippen LogP contribution in [0.1, 0.15) is 24.0 Å². The Morgan fingerprint density at radius 1 is 0.893 bits per heavy atom. The minimum absolute atomic E-state index is 0.0406. The van der Waals surface area contributed by atoms with Crippen LogP contribution in [0.2, 0.25) is 5.02 Å². The molecule has 0 heterocycles. The topological polar surface area (TPSA) is 38.3 Å². The normalized spacial score (nSPS) is 10.5. The van der Waals surface area contributed by atoms with Crippen LogP contribution in [0.5, 0.6) is 5.75 Å². The van der Waals surface area contributed by atoms with Crippen molar-refractivity contribution in [3.63, 3.8) is 0 Å². The number of nitrogens with one attached hydrogen (secondary N) is 1. The molecule has 0 bridgehead atoms. The molecule has 0 saturated heterocycles. The van der Waals surface area contributed by atoms with E-state index in [0.29, 0.717) is 24.5 Å². The zero-order valence-corrected chi connectivity index (χ0v) is 16.5. The molecule has 0 radical (unpaired) electrons. The standard InChI is InChI=1S/C24H24ClNO2/c25-23-14-5-4-11-20(23)15-16-24(27)26-21-12-6-13-22(18-21)28-17-7-10-19-8-2-1-3-9-19/h1-6,8-9,11-14,18H,7,10,15-17H2,(H,26,27). The first-order valence-electron chi connectivity index (χ1n) is 9.51.